The molecular weight excluding hydrogens is 460 g/mol. The number of aromatic nitrogens is 1. The lowest BCUT2D eigenvalue weighted by atomic mass is 10.0. The van der Waals surface area contributed by atoms with E-state index in [9.17, 15) is 9.59 Å². The normalized spacial score (nSPS) is 13.8. The van der Waals surface area contributed by atoms with Crippen molar-refractivity contribution in [2.45, 2.75) is 39.8 Å². The SMILES string of the molecule is COc1ccccc1CN(CC(Cc1c[nH]c2ccccc12)N(ON1C=C(C)OC1)C(C)=O)C(C)=O. The lowest BCUT2D eigenvalue weighted by molar-refractivity contribution is -0.312. The molecule has 1 N–H and O–H groups in total. The molecule has 4 rings (SSSR count). The average molecular weight is 493 g/mol. The molecule has 0 radical (unpaired) electrons. The van der Waals surface area contributed by atoms with Crippen LogP contribution in [0.1, 0.15) is 31.9 Å². The first kappa shape index (κ1) is 25.1. The molecule has 36 heavy (non-hydrogen) atoms. The number of hydrogen-bond donors (Lipinski definition) is 1. The summed E-state index contributed by atoms with van der Waals surface area (Å²) in [7, 11) is 1.61. The van der Waals surface area contributed by atoms with Crippen molar-refractivity contribution in [1.82, 2.24) is 20.0 Å². The number of nitrogens with one attached hydrogen (secondary N) is 1. The Morgan fingerprint density at radius 2 is 1.83 bits per heavy atom. The van der Waals surface area contributed by atoms with Gasteiger partial charge in [-0.05, 0) is 31.0 Å². The van der Waals surface area contributed by atoms with E-state index in [1.807, 2.05) is 61.7 Å². The van der Waals surface area contributed by atoms with Gasteiger partial charge in [0, 0.05) is 49.6 Å². The predicted molar refractivity (Wildman–Crippen MR) is 135 cm³/mol. The molecule has 1 atom stereocenters. The minimum atomic E-state index is -0.477. The number of para-hydroxylation sites is 2. The first-order valence-corrected chi connectivity index (χ1v) is 11.8. The fourth-order valence-corrected chi connectivity index (χ4v) is 4.36. The quantitative estimate of drug-likeness (QED) is 0.431. The number of rotatable bonds is 10. The molecule has 0 saturated carbocycles. The molecule has 1 aliphatic heterocycles. The van der Waals surface area contributed by atoms with Crippen molar-refractivity contribution in [3.63, 3.8) is 0 Å². The van der Waals surface area contributed by atoms with E-state index in [1.54, 1.807) is 18.2 Å². The number of carbonyl (C=O) groups is 2. The van der Waals surface area contributed by atoms with Crippen molar-refractivity contribution in [3.8, 4) is 5.75 Å². The molecule has 9 heteroatoms. The maximum absolute atomic E-state index is 12.8. The summed E-state index contributed by atoms with van der Waals surface area (Å²) in [5.74, 6) is 0.992. The molecule has 0 saturated heterocycles. The summed E-state index contributed by atoms with van der Waals surface area (Å²) in [6.07, 6.45) is 4.10. The molecule has 0 fully saturated rings. The van der Waals surface area contributed by atoms with Gasteiger partial charge in [-0.3, -0.25) is 9.59 Å². The molecule has 2 amide bonds. The fourth-order valence-electron chi connectivity index (χ4n) is 4.36. The topological polar surface area (TPSA) is 87.3 Å². The van der Waals surface area contributed by atoms with Crippen LogP contribution in [-0.4, -0.2) is 58.3 Å². The maximum atomic E-state index is 12.8. The highest BCUT2D eigenvalue weighted by atomic mass is 16.9. The van der Waals surface area contributed by atoms with Gasteiger partial charge in [-0.15, -0.1) is 4.94 Å². The molecule has 0 spiro atoms. The van der Waals surface area contributed by atoms with E-state index < -0.39 is 6.04 Å². The van der Waals surface area contributed by atoms with E-state index in [4.69, 9.17) is 14.4 Å². The second-order valence-electron chi connectivity index (χ2n) is 8.79. The van der Waals surface area contributed by atoms with E-state index in [-0.39, 0.29) is 25.1 Å². The Bertz CT molecular complexity index is 1250. The van der Waals surface area contributed by atoms with Gasteiger partial charge >= 0.3 is 0 Å². The lowest BCUT2D eigenvalue weighted by Crippen LogP contribution is -2.50. The molecule has 1 aromatic heterocycles. The van der Waals surface area contributed by atoms with Crippen LogP contribution in [0.15, 0.2) is 66.7 Å². The molecule has 3 aromatic rings. The Labute approximate surface area is 210 Å². The largest absolute Gasteiger partial charge is 0.496 e. The van der Waals surface area contributed by atoms with Crippen LogP contribution in [0.2, 0.25) is 0 Å². The number of benzene rings is 2. The van der Waals surface area contributed by atoms with Crippen molar-refractivity contribution in [2.24, 2.45) is 0 Å². The minimum Gasteiger partial charge on any atom is -0.496 e. The maximum Gasteiger partial charge on any atom is 0.245 e. The van der Waals surface area contributed by atoms with E-state index in [0.717, 1.165) is 22.0 Å². The average Bonchev–Trinajstić information content (AvgIpc) is 3.47. The third-order valence-corrected chi connectivity index (χ3v) is 6.14. The molecule has 1 unspecified atom stereocenters. The number of ether oxygens (including phenoxy) is 2. The van der Waals surface area contributed by atoms with Crippen LogP contribution in [0, 0.1) is 0 Å². The van der Waals surface area contributed by atoms with Crippen LogP contribution >= 0.6 is 0 Å². The summed E-state index contributed by atoms with van der Waals surface area (Å²) in [4.78, 5) is 36.6. The Morgan fingerprint density at radius 3 is 2.53 bits per heavy atom. The Kier molecular flexibility index (Phi) is 7.80. The number of allylic oxidation sites excluding steroid dienone is 1. The van der Waals surface area contributed by atoms with Crippen LogP contribution in [0.25, 0.3) is 10.9 Å². The molecule has 2 heterocycles. The van der Waals surface area contributed by atoms with E-state index in [0.29, 0.717) is 24.5 Å². The summed E-state index contributed by atoms with van der Waals surface area (Å²) < 4.78 is 10.9. The number of H-pyrrole nitrogens is 1. The predicted octanol–water partition coefficient (Wildman–Crippen LogP) is 3.98. The fraction of sp³-hybridized carbons (Fsp3) is 0.333. The van der Waals surface area contributed by atoms with Crippen LogP contribution in [0.4, 0.5) is 0 Å². The molecule has 9 nitrogen and oxygen atoms in total. The number of fused-ring (bicyclic) bond motifs is 1. The Morgan fingerprint density at radius 1 is 1.08 bits per heavy atom. The monoisotopic (exact) mass is 492 g/mol. The standard InChI is InChI=1S/C27H32N4O5/c1-19-15-30(18-35-19)36-31(21(3)33)24(13-23-14-28-26-11-7-6-10-25(23)26)17-29(20(2)32)16-22-9-5-8-12-27(22)34-4/h5-12,14-15,24,28H,13,16-18H2,1-4H3. The van der Waals surface area contributed by atoms with Gasteiger partial charge in [-0.25, -0.2) is 0 Å². The third-order valence-electron chi connectivity index (χ3n) is 6.14. The summed E-state index contributed by atoms with van der Waals surface area (Å²) in [5.41, 5.74) is 2.91. The number of nitrogens with zero attached hydrogens (tertiary/aromatic N) is 3. The van der Waals surface area contributed by atoms with E-state index in [2.05, 4.69) is 4.98 Å². The molecule has 0 bridgehead atoms. The number of amides is 2. The van der Waals surface area contributed by atoms with Gasteiger partial charge in [0.2, 0.25) is 11.8 Å². The smallest absolute Gasteiger partial charge is 0.245 e. The molecule has 190 valence electrons. The lowest BCUT2D eigenvalue weighted by Gasteiger charge is -2.35. The van der Waals surface area contributed by atoms with Gasteiger partial charge in [-0.2, -0.15) is 10.1 Å². The van der Waals surface area contributed by atoms with Gasteiger partial charge in [-0.1, -0.05) is 36.4 Å². The van der Waals surface area contributed by atoms with Gasteiger partial charge in [0.1, 0.15) is 11.5 Å². The van der Waals surface area contributed by atoms with Crippen LogP contribution < -0.4 is 4.74 Å². The molecule has 1 aliphatic rings. The molecular formula is C27H32N4O5. The molecule has 0 aliphatic carbocycles. The van der Waals surface area contributed by atoms with Gasteiger partial charge in [0.05, 0.1) is 19.4 Å². The number of carbonyl (C=O) groups excluding carboxylic acids is 2. The van der Waals surface area contributed by atoms with Crippen molar-refractivity contribution in [3.05, 3.63) is 77.8 Å². The molecule has 2 aromatic carbocycles. The van der Waals surface area contributed by atoms with E-state index in [1.165, 1.54) is 24.0 Å². The number of hydrogen-bond acceptors (Lipinski definition) is 6. The van der Waals surface area contributed by atoms with Crippen molar-refractivity contribution < 1.29 is 24.0 Å². The first-order valence-electron chi connectivity index (χ1n) is 11.8. The van der Waals surface area contributed by atoms with Gasteiger partial charge < -0.3 is 19.4 Å². The van der Waals surface area contributed by atoms with Crippen molar-refractivity contribution in [2.75, 3.05) is 20.4 Å². The van der Waals surface area contributed by atoms with E-state index >= 15 is 0 Å². The first-order chi connectivity index (χ1) is 17.4. The zero-order valence-electron chi connectivity index (χ0n) is 21.1. The van der Waals surface area contributed by atoms with Gasteiger partial charge in [0.25, 0.3) is 0 Å². The highest BCUT2D eigenvalue weighted by molar-refractivity contribution is 5.83. The summed E-state index contributed by atoms with van der Waals surface area (Å²) >= 11 is 0. The van der Waals surface area contributed by atoms with Crippen LogP contribution in [0.3, 0.4) is 0 Å². The zero-order valence-corrected chi connectivity index (χ0v) is 21.1. The summed E-state index contributed by atoms with van der Waals surface area (Å²) in [6, 6.07) is 15.1. The zero-order chi connectivity index (χ0) is 25.7. The van der Waals surface area contributed by atoms with Gasteiger partial charge in [0.15, 0.2) is 6.73 Å². The number of hydroxylamine groups is 4. The minimum absolute atomic E-state index is 0.117. The third kappa shape index (κ3) is 5.80. The number of methoxy groups -OCH3 is 1. The summed E-state index contributed by atoms with van der Waals surface area (Å²) in [5, 5.41) is 3.86. The van der Waals surface area contributed by atoms with Crippen molar-refractivity contribution >= 4 is 22.7 Å². The van der Waals surface area contributed by atoms with Crippen LogP contribution in [-0.2, 0) is 32.2 Å². The second-order valence-corrected chi connectivity index (χ2v) is 8.79. The highest BCUT2D eigenvalue weighted by Gasteiger charge is 2.30. The second kappa shape index (κ2) is 11.2. The summed E-state index contributed by atoms with van der Waals surface area (Å²) in [6.45, 7) is 5.56. The number of aromatic amines is 1. The Balaban J connectivity index is 1.65. The van der Waals surface area contributed by atoms with Crippen molar-refractivity contribution in [1.29, 1.82) is 0 Å². The Hall–Kier alpha value is -3.98. The highest BCUT2D eigenvalue weighted by Crippen LogP contribution is 2.24. The van der Waals surface area contributed by atoms with Crippen LogP contribution in [0.5, 0.6) is 5.75 Å².